The summed E-state index contributed by atoms with van der Waals surface area (Å²) in [5.74, 6) is 1.42. The van der Waals surface area contributed by atoms with E-state index in [1.807, 2.05) is 26.1 Å². The molecule has 1 saturated heterocycles. The lowest BCUT2D eigenvalue weighted by Gasteiger charge is -2.38. The standard InChI is InChI=1S/C16H25N3O4/c1-12-4-5-13(23-12)6-7-17-16(21)14-10-18(2)8-9-19(14)15(20)11-22-3/h4-5,14H,6-11H2,1-3H3,(H,17,21)/t14-/m0/s1. The fourth-order valence-corrected chi connectivity index (χ4v) is 2.69. The lowest BCUT2D eigenvalue weighted by Crippen LogP contribution is -2.60. The third-order valence-electron chi connectivity index (χ3n) is 3.94. The van der Waals surface area contributed by atoms with Crippen LogP contribution < -0.4 is 5.32 Å². The number of hydrogen-bond acceptors (Lipinski definition) is 5. The second kappa shape index (κ2) is 8.12. The van der Waals surface area contributed by atoms with Crippen LogP contribution in [0.5, 0.6) is 0 Å². The molecule has 1 aliphatic rings. The third-order valence-corrected chi connectivity index (χ3v) is 3.94. The molecule has 0 bridgehead atoms. The molecule has 0 saturated carbocycles. The van der Waals surface area contributed by atoms with E-state index in [0.717, 1.165) is 18.1 Å². The van der Waals surface area contributed by atoms with Crippen molar-refractivity contribution >= 4 is 11.8 Å². The molecule has 0 aliphatic carbocycles. The van der Waals surface area contributed by atoms with Crippen molar-refractivity contribution in [2.45, 2.75) is 19.4 Å². The average molecular weight is 323 g/mol. The van der Waals surface area contributed by atoms with Gasteiger partial charge in [0.15, 0.2) is 0 Å². The minimum atomic E-state index is -0.477. The Hall–Kier alpha value is -1.86. The van der Waals surface area contributed by atoms with Gasteiger partial charge >= 0.3 is 0 Å². The third kappa shape index (κ3) is 4.80. The van der Waals surface area contributed by atoms with E-state index >= 15 is 0 Å². The quantitative estimate of drug-likeness (QED) is 0.800. The molecule has 7 heteroatoms. The van der Waals surface area contributed by atoms with Gasteiger partial charge in [0.2, 0.25) is 11.8 Å². The number of furan rings is 1. The Morgan fingerprint density at radius 2 is 2.17 bits per heavy atom. The van der Waals surface area contributed by atoms with Gasteiger partial charge in [0.25, 0.3) is 0 Å². The number of amides is 2. The molecule has 23 heavy (non-hydrogen) atoms. The Morgan fingerprint density at radius 1 is 1.39 bits per heavy atom. The normalized spacial score (nSPS) is 18.9. The second-order valence-electron chi connectivity index (χ2n) is 5.85. The summed E-state index contributed by atoms with van der Waals surface area (Å²) < 4.78 is 10.4. The number of methoxy groups -OCH3 is 1. The molecule has 1 atom stereocenters. The number of nitrogens with one attached hydrogen (secondary N) is 1. The number of carbonyl (C=O) groups is 2. The van der Waals surface area contributed by atoms with E-state index in [2.05, 4.69) is 10.2 Å². The Balaban J connectivity index is 1.89. The molecule has 7 nitrogen and oxygen atoms in total. The number of nitrogens with zero attached hydrogens (tertiary/aromatic N) is 2. The average Bonchev–Trinajstić information content (AvgIpc) is 2.92. The summed E-state index contributed by atoms with van der Waals surface area (Å²) >= 11 is 0. The molecule has 0 aromatic carbocycles. The molecule has 2 rings (SSSR count). The molecule has 0 unspecified atom stereocenters. The van der Waals surface area contributed by atoms with Gasteiger partial charge in [0.1, 0.15) is 24.2 Å². The highest BCUT2D eigenvalue weighted by Gasteiger charge is 2.33. The van der Waals surface area contributed by atoms with Crippen LogP contribution in [0.15, 0.2) is 16.5 Å². The van der Waals surface area contributed by atoms with Crippen LogP contribution in [-0.4, -0.2) is 74.6 Å². The molecule has 1 aromatic rings. The molecule has 0 spiro atoms. The summed E-state index contributed by atoms with van der Waals surface area (Å²) in [5.41, 5.74) is 0. The molecule has 128 valence electrons. The highest BCUT2D eigenvalue weighted by Crippen LogP contribution is 2.10. The zero-order chi connectivity index (χ0) is 16.8. The van der Waals surface area contributed by atoms with Crippen LogP contribution >= 0.6 is 0 Å². The maximum Gasteiger partial charge on any atom is 0.249 e. The first-order valence-electron chi connectivity index (χ1n) is 7.81. The van der Waals surface area contributed by atoms with Gasteiger partial charge in [-0.2, -0.15) is 0 Å². The van der Waals surface area contributed by atoms with Crippen LogP contribution in [0, 0.1) is 6.92 Å². The van der Waals surface area contributed by atoms with E-state index in [1.165, 1.54) is 7.11 Å². The van der Waals surface area contributed by atoms with Crippen LogP contribution in [0.3, 0.4) is 0 Å². The molecule has 0 radical (unpaired) electrons. The zero-order valence-corrected chi connectivity index (χ0v) is 14.0. The lowest BCUT2D eigenvalue weighted by atomic mass is 10.1. The predicted molar refractivity (Wildman–Crippen MR) is 85.0 cm³/mol. The van der Waals surface area contributed by atoms with Gasteiger partial charge in [-0.05, 0) is 26.1 Å². The van der Waals surface area contributed by atoms with Crippen molar-refractivity contribution in [2.75, 3.05) is 46.9 Å². The number of piperazine rings is 1. The summed E-state index contributed by atoms with van der Waals surface area (Å²) in [4.78, 5) is 28.2. The Labute approximate surface area is 136 Å². The first-order chi connectivity index (χ1) is 11.0. The molecule has 2 amide bonds. The van der Waals surface area contributed by atoms with Crippen LogP contribution in [0.4, 0.5) is 0 Å². The van der Waals surface area contributed by atoms with Gasteiger partial charge in [0.05, 0.1) is 0 Å². The van der Waals surface area contributed by atoms with E-state index in [9.17, 15) is 9.59 Å². The van der Waals surface area contributed by atoms with Crippen molar-refractivity contribution in [3.05, 3.63) is 23.7 Å². The number of rotatable bonds is 6. The van der Waals surface area contributed by atoms with Crippen LogP contribution in [0.25, 0.3) is 0 Å². The molecule has 1 N–H and O–H groups in total. The molecular formula is C16H25N3O4. The van der Waals surface area contributed by atoms with Gasteiger partial charge in [-0.3, -0.25) is 9.59 Å². The zero-order valence-electron chi connectivity index (χ0n) is 14.0. The largest absolute Gasteiger partial charge is 0.466 e. The van der Waals surface area contributed by atoms with Gasteiger partial charge in [-0.25, -0.2) is 0 Å². The lowest BCUT2D eigenvalue weighted by molar-refractivity contribution is -0.146. The van der Waals surface area contributed by atoms with Crippen molar-refractivity contribution < 1.29 is 18.7 Å². The summed E-state index contributed by atoms with van der Waals surface area (Å²) in [6.07, 6.45) is 0.633. The fourth-order valence-electron chi connectivity index (χ4n) is 2.69. The Bertz CT molecular complexity index is 543. The minimum Gasteiger partial charge on any atom is -0.466 e. The Morgan fingerprint density at radius 3 is 2.83 bits per heavy atom. The highest BCUT2D eigenvalue weighted by molar-refractivity contribution is 5.88. The fraction of sp³-hybridized carbons (Fsp3) is 0.625. The molecule has 1 aliphatic heterocycles. The maximum atomic E-state index is 12.5. The van der Waals surface area contributed by atoms with Crippen LogP contribution in [0.1, 0.15) is 11.5 Å². The Kier molecular flexibility index (Phi) is 6.18. The van der Waals surface area contributed by atoms with Gasteiger partial charge < -0.3 is 24.3 Å². The number of ether oxygens (including phenoxy) is 1. The van der Waals surface area contributed by atoms with Crippen molar-refractivity contribution in [1.29, 1.82) is 0 Å². The second-order valence-corrected chi connectivity index (χ2v) is 5.85. The topological polar surface area (TPSA) is 75.0 Å². The monoisotopic (exact) mass is 323 g/mol. The van der Waals surface area contributed by atoms with Crippen LogP contribution in [-0.2, 0) is 20.7 Å². The van der Waals surface area contributed by atoms with Crippen molar-refractivity contribution in [2.24, 2.45) is 0 Å². The molecular weight excluding hydrogens is 298 g/mol. The summed E-state index contributed by atoms with van der Waals surface area (Å²) in [5, 5.41) is 2.90. The van der Waals surface area contributed by atoms with Crippen molar-refractivity contribution in [3.63, 3.8) is 0 Å². The summed E-state index contributed by atoms with van der Waals surface area (Å²) in [6.45, 7) is 4.19. The number of aryl methyl sites for hydroxylation is 1. The van der Waals surface area contributed by atoms with E-state index in [4.69, 9.17) is 9.15 Å². The first-order valence-corrected chi connectivity index (χ1v) is 7.81. The summed E-state index contributed by atoms with van der Waals surface area (Å²) in [7, 11) is 3.43. The first kappa shape index (κ1) is 17.5. The molecule has 1 fully saturated rings. The predicted octanol–water partition coefficient (Wildman–Crippen LogP) is 0.0357. The number of likely N-dealkylation sites (N-methyl/N-ethyl adjacent to an activating group) is 1. The van der Waals surface area contributed by atoms with Crippen molar-refractivity contribution in [3.8, 4) is 0 Å². The maximum absolute atomic E-state index is 12.5. The number of carbonyl (C=O) groups excluding carboxylic acids is 2. The molecule has 2 heterocycles. The number of hydrogen-bond donors (Lipinski definition) is 1. The van der Waals surface area contributed by atoms with Gasteiger partial charge in [0, 0.05) is 39.7 Å². The highest BCUT2D eigenvalue weighted by atomic mass is 16.5. The van der Waals surface area contributed by atoms with E-state index in [1.54, 1.807) is 4.90 Å². The molecule has 1 aromatic heterocycles. The van der Waals surface area contributed by atoms with Crippen molar-refractivity contribution in [1.82, 2.24) is 15.1 Å². The minimum absolute atomic E-state index is 0.000827. The van der Waals surface area contributed by atoms with Gasteiger partial charge in [-0.15, -0.1) is 0 Å². The summed E-state index contributed by atoms with van der Waals surface area (Å²) in [6, 6.07) is 3.33. The smallest absolute Gasteiger partial charge is 0.249 e. The van der Waals surface area contributed by atoms with E-state index in [0.29, 0.717) is 26.1 Å². The SMILES string of the molecule is COCC(=O)N1CCN(C)C[C@H]1C(=O)NCCc1ccc(C)o1. The van der Waals surface area contributed by atoms with Gasteiger partial charge in [-0.1, -0.05) is 0 Å². The van der Waals surface area contributed by atoms with Crippen LogP contribution in [0.2, 0.25) is 0 Å². The van der Waals surface area contributed by atoms with E-state index in [-0.39, 0.29) is 18.4 Å². The van der Waals surface area contributed by atoms with E-state index < -0.39 is 6.04 Å².